The highest BCUT2D eigenvalue weighted by molar-refractivity contribution is 6.76. The van der Waals surface area contributed by atoms with Crippen molar-refractivity contribution in [2.45, 2.75) is 77.4 Å². The maximum Gasteiger partial charge on any atom is 0.305 e. The summed E-state index contributed by atoms with van der Waals surface area (Å²) in [6.45, 7) is 10.1. The molecular formula is C29H40N4O3Si. The van der Waals surface area contributed by atoms with Gasteiger partial charge >= 0.3 is 5.97 Å². The molecule has 1 aromatic carbocycles. The van der Waals surface area contributed by atoms with Crippen LogP contribution in [0.1, 0.15) is 49.4 Å². The van der Waals surface area contributed by atoms with Crippen molar-refractivity contribution >= 4 is 14.0 Å². The first kappa shape index (κ1) is 27.2. The Morgan fingerprint density at radius 3 is 2.35 bits per heavy atom. The van der Waals surface area contributed by atoms with Crippen LogP contribution in [-0.2, 0) is 21.0 Å². The molecule has 7 nitrogen and oxygen atoms in total. The van der Waals surface area contributed by atoms with Crippen molar-refractivity contribution in [2.75, 3.05) is 13.7 Å². The molecule has 3 aromatic rings. The van der Waals surface area contributed by atoms with E-state index in [0.29, 0.717) is 25.0 Å². The number of carbonyl (C=O) groups excluding carboxylic acids is 1. The highest BCUT2D eigenvalue weighted by atomic mass is 28.3. The first-order chi connectivity index (χ1) is 17.7. The molecule has 37 heavy (non-hydrogen) atoms. The monoisotopic (exact) mass is 520 g/mol. The number of hydrogen-bond acceptors (Lipinski definition) is 6. The summed E-state index contributed by atoms with van der Waals surface area (Å²) in [5.41, 5.74) is 4.33. The minimum absolute atomic E-state index is 0.0903. The molecule has 1 saturated carbocycles. The minimum Gasteiger partial charge on any atom is -0.469 e. The van der Waals surface area contributed by atoms with Gasteiger partial charge in [0.2, 0.25) is 0 Å². The van der Waals surface area contributed by atoms with Crippen molar-refractivity contribution in [3.63, 3.8) is 0 Å². The van der Waals surface area contributed by atoms with Gasteiger partial charge in [0.1, 0.15) is 12.6 Å². The van der Waals surface area contributed by atoms with Gasteiger partial charge in [0.25, 0.3) is 0 Å². The molecule has 0 aliphatic heterocycles. The third-order valence-corrected chi connectivity index (χ3v) is 8.92. The fourth-order valence-electron chi connectivity index (χ4n) is 4.93. The number of hydrogen-bond donors (Lipinski definition) is 0. The number of aromatic nitrogens is 4. The average Bonchev–Trinajstić information content (AvgIpc) is 3.27. The third-order valence-electron chi connectivity index (χ3n) is 7.22. The number of methoxy groups -OCH3 is 1. The quantitative estimate of drug-likeness (QED) is 0.173. The molecule has 0 saturated heterocycles. The normalized spacial score (nSPS) is 18.1. The lowest BCUT2D eigenvalue weighted by molar-refractivity contribution is -0.142. The molecule has 0 amide bonds. The first-order valence-electron chi connectivity index (χ1n) is 13.3. The fourth-order valence-corrected chi connectivity index (χ4v) is 5.69. The highest BCUT2D eigenvalue weighted by Gasteiger charge is 2.24. The maximum absolute atomic E-state index is 11.6. The lowest BCUT2D eigenvalue weighted by atomic mass is 9.77. The van der Waals surface area contributed by atoms with Gasteiger partial charge in [-0.05, 0) is 68.2 Å². The summed E-state index contributed by atoms with van der Waals surface area (Å²) in [5.74, 6) is 2.43. The zero-order valence-corrected chi connectivity index (χ0v) is 23.9. The van der Waals surface area contributed by atoms with E-state index in [1.54, 1.807) is 0 Å². The summed E-state index contributed by atoms with van der Waals surface area (Å²) in [6, 6.07) is 14.0. The van der Waals surface area contributed by atoms with Crippen LogP contribution in [0.25, 0.3) is 22.6 Å². The summed E-state index contributed by atoms with van der Waals surface area (Å²) in [7, 11) is 0.344. The SMILES string of the molecule is COC(=O)CC1CCC(c2ccc(-c3ccc(-c4nc(C)nn4COCC[Si](C)(C)C)cn3)cc2)CC1. The van der Waals surface area contributed by atoms with Gasteiger partial charge in [0, 0.05) is 38.4 Å². The number of nitrogens with zero attached hydrogens (tertiary/aromatic N) is 4. The van der Waals surface area contributed by atoms with Crippen molar-refractivity contribution < 1.29 is 14.3 Å². The summed E-state index contributed by atoms with van der Waals surface area (Å²) >= 11 is 0. The van der Waals surface area contributed by atoms with E-state index in [-0.39, 0.29) is 5.97 Å². The van der Waals surface area contributed by atoms with Gasteiger partial charge < -0.3 is 9.47 Å². The van der Waals surface area contributed by atoms with E-state index in [1.807, 2.05) is 23.9 Å². The molecule has 0 atom stereocenters. The summed E-state index contributed by atoms with van der Waals surface area (Å²) in [4.78, 5) is 20.9. The standard InChI is InChI=1S/C29H40N4O3Si/c1-21-31-29(33(32-21)20-36-16-17-37(3,4)5)26-14-15-27(30-19-26)25-12-10-24(11-13-25)23-8-6-22(7-9-23)18-28(34)35-2/h10-15,19,22-23H,6-9,16-18,20H2,1-5H3. The van der Waals surface area contributed by atoms with Crippen molar-refractivity contribution in [3.8, 4) is 22.6 Å². The largest absolute Gasteiger partial charge is 0.469 e. The number of ether oxygens (including phenoxy) is 2. The Balaban J connectivity index is 1.36. The maximum atomic E-state index is 11.6. The zero-order chi connectivity index (χ0) is 26.4. The van der Waals surface area contributed by atoms with Crippen LogP contribution in [0.4, 0.5) is 0 Å². The number of benzene rings is 1. The Morgan fingerprint density at radius 1 is 1.03 bits per heavy atom. The van der Waals surface area contributed by atoms with Gasteiger partial charge in [-0.15, -0.1) is 0 Å². The average molecular weight is 521 g/mol. The Bertz CT molecular complexity index is 1160. The summed E-state index contributed by atoms with van der Waals surface area (Å²) in [5, 5.41) is 4.52. The van der Waals surface area contributed by atoms with E-state index in [2.05, 4.69) is 60.1 Å². The van der Waals surface area contributed by atoms with Gasteiger partial charge in [0.15, 0.2) is 5.82 Å². The summed E-state index contributed by atoms with van der Waals surface area (Å²) in [6.07, 6.45) is 6.82. The van der Waals surface area contributed by atoms with Crippen LogP contribution >= 0.6 is 0 Å². The predicted octanol–water partition coefficient (Wildman–Crippen LogP) is 6.46. The molecule has 0 spiro atoms. The van der Waals surface area contributed by atoms with E-state index >= 15 is 0 Å². The molecule has 198 valence electrons. The van der Waals surface area contributed by atoms with Gasteiger partial charge in [-0.2, -0.15) is 5.10 Å². The second-order valence-corrected chi connectivity index (χ2v) is 17.0. The van der Waals surface area contributed by atoms with E-state index in [1.165, 1.54) is 12.7 Å². The number of esters is 1. The molecule has 0 N–H and O–H groups in total. The molecule has 2 aromatic heterocycles. The van der Waals surface area contributed by atoms with E-state index < -0.39 is 8.07 Å². The van der Waals surface area contributed by atoms with Gasteiger partial charge in [-0.1, -0.05) is 43.9 Å². The third kappa shape index (κ3) is 7.58. The minimum atomic E-state index is -1.13. The van der Waals surface area contributed by atoms with Crippen LogP contribution in [-0.4, -0.2) is 47.5 Å². The predicted molar refractivity (Wildman–Crippen MR) is 149 cm³/mol. The number of rotatable bonds is 10. The van der Waals surface area contributed by atoms with Crippen LogP contribution in [0.5, 0.6) is 0 Å². The molecule has 2 heterocycles. The molecule has 1 aliphatic carbocycles. The van der Waals surface area contributed by atoms with E-state index in [4.69, 9.17) is 14.5 Å². The van der Waals surface area contributed by atoms with Crippen LogP contribution in [0.3, 0.4) is 0 Å². The van der Waals surface area contributed by atoms with Crippen molar-refractivity contribution in [2.24, 2.45) is 5.92 Å². The van der Waals surface area contributed by atoms with Gasteiger partial charge in [0.05, 0.1) is 12.8 Å². The fraction of sp³-hybridized carbons (Fsp3) is 0.517. The highest BCUT2D eigenvalue weighted by Crippen LogP contribution is 2.37. The number of aryl methyl sites for hydroxylation is 1. The molecule has 0 unspecified atom stereocenters. The number of carbonyl (C=O) groups is 1. The zero-order valence-electron chi connectivity index (χ0n) is 22.9. The van der Waals surface area contributed by atoms with Crippen LogP contribution < -0.4 is 0 Å². The van der Waals surface area contributed by atoms with Crippen molar-refractivity contribution in [3.05, 3.63) is 54.0 Å². The van der Waals surface area contributed by atoms with Crippen molar-refractivity contribution in [1.82, 2.24) is 19.7 Å². The molecule has 0 bridgehead atoms. The smallest absolute Gasteiger partial charge is 0.305 e. The topological polar surface area (TPSA) is 79.1 Å². The van der Waals surface area contributed by atoms with E-state index in [9.17, 15) is 4.79 Å². The Labute approximate surface area is 221 Å². The van der Waals surface area contributed by atoms with Crippen molar-refractivity contribution in [1.29, 1.82) is 0 Å². The van der Waals surface area contributed by atoms with Gasteiger partial charge in [-0.25, -0.2) is 9.67 Å². The van der Waals surface area contributed by atoms with Gasteiger partial charge in [-0.3, -0.25) is 9.78 Å². The molecule has 1 fully saturated rings. The van der Waals surface area contributed by atoms with Crippen LogP contribution in [0, 0.1) is 12.8 Å². The second kappa shape index (κ2) is 12.1. The Hall–Kier alpha value is -2.84. The van der Waals surface area contributed by atoms with Crippen LogP contribution in [0.15, 0.2) is 42.6 Å². The van der Waals surface area contributed by atoms with Crippen LogP contribution in [0.2, 0.25) is 25.7 Å². The van der Waals surface area contributed by atoms with E-state index in [0.717, 1.165) is 66.8 Å². The lowest BCUT2D eigenvalue weighted by Crippen LogP contribution is -2.22. The number of pyridine rings is 1. The first-order valence-corrected chi connectivity index (χ1v) is 17.1. The lowest BCUT2D eigenvalue weighted by Gasteiger charge is -2.28. The summed E-state index contributed by atoms with van der Waals surface area (Å²) < 4.78 is 12.6. The molecule has 4 rings (SSSR count). The molecule has 1 aliphatic rings. The Morgan fingerprint density at radius 2 is 1.73 bits per heavy atom. The Kier molecular flexibility index (Phi) is 8.92. The molecular weight excluding hydrogens is 480 g/mol. The molecule has 0 radical (unpaired) electrons. The second-order valence-electron chi connectivity index (χ2n) is 11.4. The molecule has 8 heteroatoms.